The number of nitrogens with zero attached hydrogens (tertiary/aromatic N) is 1. The lowest BCUT2D eigenvalue weighted by atomic mass is 9.84. The van der Waals surface area contributed by atoms with Gasteiger partial charge in [-0.25, -0.2) is 4.98 Å². The average molecular weight is 445 g/mol. The van der Waals surface area contributed by atoms with Gasteiger partial charge < -0.3 is 10.3 Å². The maximum absolute atomic E-state index is 13.5. The fraction of sp³-hybridized carbons (Fsp3) is 0.227. The SMILES string of the molecule is Cc1ccc(CSc2nc3c(c(=O)[nH]2)C(c2ccccc2C(F)(F)F)CC(=O)N3)cc1. The fourth-order valence-corrected chi connectivity index (χ4v) is 4.40. The van der Waals surface area contributed by atoms with E-state index in [0.717, 1.165) is 17.2 Å². The van der Waals surface area contributed by atoms with Crippen LogP contribution in [0.1, 0.15) is 40.2 Å². The number of nitrogens with one attached hydrogen (secondary N) is 2. The van der Waals surface area contributed by atoms with Crippen LogP contribution in [-0.4, -0.2) is 15.9 Å². The quantitative estimate of drug-likeness (QED) is 0.444. The number of anilines is 1. The summed E-state index contributed by atoms with van der Waals surface area (Å²) in [6.07, 6.45) is -4.87. The largest absolute Gasteiger partial charge is 0.416 e. The van der Waals surface area contributed by atoms with Crippen LogP contribution < -0.4 is 10.9 Å². The number of benzene rings is 2. The third-order valence-corrected chi connectivity index (χ3v) is 6.01. The summed E-state index contributed by atoms with van der Waals surface area (Å²) in [6.45, 7) is 1.98. The van der Waals surface area contributed by atoms with Crippen molar-refractivity contribution < 1.29 is 18.0 Å². The number of thioether (sulfide) groups is 1. The Balaban J connectivity index is 1.70. The van der Waals surface area contributed by atoms with Crippen molar-refractivity contribution >= 4 is 23.5 Å². The number of carbonyl (C=O) groups excluding carboxylic acids is 1. The monoisotopic (exact) mass is 445 g/mol. The van der Waals surface area contributed by atoms with E-state index in [4.69, 9.17) is 0 Å². The van der Waals surface area contributed by atoms with Crippen LogP contribution in [0.15, 0.2) is 58.5 Å². The average Bonchev–Trinajstić information content (AvgIpc) is 2.72. The molecule has 160 valence electrons. The van der Waals surface area contributed by atoms with Gasteiger partial charge in [-0.2, -0.15) is 13.2 Å². The van der Waals surface area contributed by atoms with Gasteiger partial charge in [0.15, 0.2) is 5.16 Å². The summed E-state index contributed by atoms with van der Waals surface area (Å²) < 4.78 is 40.6. The molecule has 1 aliphatic heterocycles. The van der Waals surface area contributed by atoms with E-state index < -0.39 is 29.1 Å². The molecule has 0 bridgehead atoms. The number of alkyl halides is 3. The van der Waals surface area contributed by atoms with Crippen molar-refractivity contribution in [3.8, 4) is 0 Å². The normalized spacial score (nSPS) is 16.0. The molecule has 0 fully saturated rings. The zero-order chi connectivity index (χ0) is 22.2. The first-order valence-corrected chi connectivity index (χ1v) is 10.5. The maximum Gasteiger partial charge on any atom is 0.416 e. The van der Waals surface area contributed by atoms with E-state index in [1.54, 1.807) is 0 Å². The molecule has 9 heteroatoms. The van der Waals surface area contributed by atoms with Crippen LogP contribution in [0.3, 0.4) is 0 Å². The lowest BCUT2D eigenvalue weighted by Crippen LogP contribution is -2.32. The van der Waals surface area contributed by atoms with Crippen molar-refractivity contribution in [3.05, 3.63) is 86.7 Å². The number of aromatic nitrogens is 2. The number of hydrogen-bond donors (Lipinski definition) is 2. The van der Waals surface area contributed by atoms with Gasteiger partial charge in [0.05, 0.1) is 11.1 Å². The number of carbonyl (C=O) groups is 1. The molecule has 0 spiro atoms. The highest BCUT2D eigenvalue weighted by atomic mass is 32.2. The number of halogens is 3. The minimum absolute atomic E-state index is 0.00776. The van der Waals surface area contributed by atoms with E-state index in [1.165, 1.54) is 30.0 Å². The van der Waals surface area contributed by atoms with Crippen molar-refractivity contribution in [3.63, 3.8) is 0 Å². The van der Waals surface area contributed by atoms with Gasteiger partial charge in [0.25, 0.3) is 5.56 Å². The summed E-state index contributed by atoms with van der Waals surface area (Å²) in [5, 5.41) is 2.83. The number of amides is 1. The molecule has 31 heavy (non-hydrogen) atoms. The molecule has 0 radical (unpaired) electrons. The Kier molecular flexibility index (Phi) is 5.62. The van der Waals surface area contributed by atoms with Gasteiger partial charge in [-0.15, -0.1) is 0 Å². The molecule has 1 amide bonds. The van der Waals surface area contributed by atoms with E-state index in [-0.39, 0.29) is 28.5 Å². The molecule has 3 aromatic rings. The molecule has 1 aliphatic rings. The van der Waals surface area contributed by atoms with Crippen molar-refractivity contribution in [1.29, 1.82) is 0 Å². The van der Waals surface area contributed by atoms with Crippen LogP contribution in [0.2, 0.25) is 0 Å². The van der Waals surface area contributed by atoms with Crippen LogP contribution in [-0.2, 0) is 16.7 Å². The molecule has 0 saturated heterocycles. The van der Waals surface area contributed by atoms with Gasteiger partial charge >= 0.3 is 6.18 Å². The van der Waals surface area contributed by atoms with Gasteiger partial charge in [-0.3, -0.25) is 9.59 Å². The molecule has 2 N–H and O–H groups in total. The molecule has 1 unspecified atom stereocenters. The Bertz CT molecular complexity index is 1190. The number of H-pyrrole nitrogens is 1. The van der Waals surface area contributed by atoms with E-state index >= 15 is 0 Å². The summed E-state index contributed by atoms with van der Waals surface area (Å²) >= 11 is 1.27. The molecule has 5 nitrogen and oxygen atoms in total. The number of aryl methyl sites for hydroxylation is 1. The van der Waals surface area contributed by atoms with Crippen LogP contribution in [0.4, 0.5) is 19.0 Å². The van der Waals surface area contributed by atoms with E-state index in [2.05, 4.69) is 15.3 Å². The Hall–Kier alpha value is -3.07. The standard InChI is InChI=1S/C22H18F3N3O2S/c1-12-6-8-13(9-7-12)11-31-21-27-19-18(20(30)28-21)15(10-17(29)26-19)14-4-2-3-5-16(14)22(23,24)25/h2-9,15H,10-11H2,1H3,(H2,26,27,28,29,30). The highest BCUT2D eigenvalue weighted by Gasteiger charge is 2.39. The molecule has 0 aliphatic carbocycles. The van der Waals surface area contributed by atoms with Gasteiger partial charge in [0.1, 0.15) is 5.82 Å². The predicted octanol–water partition coefficient (Wildman–Crippen LogP) is 4.86. The second kappa shape index (κ2) is 8.22. The molecule has 1 aromatic heterocycles. The van der Waals surface area contributed by atoms with Crippen LogP contribution in [0.5, 0.6) is 0 Å². The minimum atomic E-state index is -4.60. The van der Waals surface area contributed by atoms with Crippen LogP contribution >= 0.6 is 11.8 Å². The summed E-state index contributed by atoms with van der Waals surface area (Å²) in [4.78, 5) is 32.1. The number of fused-ring (bicyclic) bond motifs is 1. The number of rotatable bonds is 4. The van der Waals surface area contributed by atoms with Gasteiger partial charge in [0.2, 0.25) is 5.91 Å². The molecule has 4 rings (SSSR count). The molecule has 2 aromatic carbocycles. The lowest BCUT2D eigenvalue weighted by Gasteiger charge is -2.26. The summed E-state index contributed by atoms with van der Waals surface area (Å²) in [5.41, 5.74) is 0.657. The topological polar surface area (TPSA) is 74.8 Å². The van der Waals surface area contributed by atoms with Crippen molar-refractivity contribution in [2.75, 3.05) is 5.32 Å². The Labute approximate surface area is 180 Å². The number of hydrogen-bond acceptors (Lipinski definition) is 4. The van der Waals surface area contributed by atoms with Crippen LogP contribution in [0.25, 0.3) is 0 Å². The Morgan fingerprint density at radius 1 is 1.10 bits per heavy atom. The number of aromatic amines is 1. The van der Waals surface area contributed by atoms with Crippen LogP contribution in [0, 0.1) is 6.92 Å². The Morgan fingerprint density at radius 2 is 1.81 bits per heavy atom. The molecule has 2 heterocycles. The zero-order valence-electron chi connectivity index (χ0n) is 16.4. The summed E-state index contributed by atoms with van der Waals surface area (Å²) in [6, 6.07) is 12.9. The highest BCUT2D eigenvalue weighted by Crippen LogP contribution is 2.41. The van der Waals surface area contributed by atoms with E-state index in [1.807, 2.05) is 31.2 Å². The fourth-order valence-electron chi connectivity index (χ4n) is 3.58. The van der Waals surface area contributed by atoms with E-state index in [9.17, 15) is 22.8 Å². The van der Waals surface area contributed by atoms with Crippen molar-refractivity contribution in [1.82, 2.24) is 9.97 Å². The Morgan fingerprint density at radius 3 is 2.52 bits per heavy atom. The predicted molar refractivity (Wildman–Crippen MR) is 112 cm³/mol. The summed E-state index contributed by atoms with van der Waals surface area (Å²) in [5.74, 6) is -0.972. The van der Waals surface area contributed by atoms with E-state index in [0.29, 0.717) is 5.75 Å². The first kappa shape index (κ1) is 21.2. The first-order chi connectivity index (χ1) is 14.7. The van der Waals surface area contributed by atoms with Gasteiger partial charge in [0, 0.05) is 18.1 Å². The molecule has 1 atom stereocenters. The second-order valence-corrected chi connectivity index (χ2v) is 8.26. The molecular formula is C22H18F3N3O2S. The highest BCUT2D eigenvalue weighted by molar-refractivity contribution is 7.98. The maximum atomic E-state index is 13.5. The summed E-state index contributed by atoms with van der Waals surface area (Å²) in [7, 11) is 0. The third-order valence-electron chi connectivity index (χ3n) is 5.07. The zero-order valence-corrected chi connectivity index (χ0v) is 17.2. The lowest BCUT2D eigenvalue weighted by molar-refractivity contribution is -0.138. The van der Waals surface area contributed by atoms with Crippen molar-refractivity contribution in [2.45, 2.75) is 36.3 Å². The van der Waals surface area contributed by atoms with Crippen molar-refractivity contribution in [2.24, 2.45) is 0 Å². The molecular weight excluding hydrogens is 427 g/mol. The first-order valence-electron chi connectivity index (χ1n) is 9.51. The third kappa shape index (κ3) is 4.51. The minimum Gasteiger partial charge on any atom is -0.310 e. The smallest absolute Gasteiger partial charge is 0.310 e. The van der Waals surface area contributed by atoms with Gasteiger partial charge in [-0.05, 0) is 24.1 Å². The molecule has 0 saturated carbocycles. The second-order valence-electron chi connectivity index (χ2n) is 7.30. The van der Waals surface area contributed by atoms with Gasteiger partial charge in [-0.1, -0.05) is 59.8 Å².